The first-order valence-electron chi connectivity index (χ1n) is 7.80. The molecule has 9 heteroatoms. The Morgan fingerprint density at radius 1 is 1.23 bits per heavy atom. The highest BCUT2D eigenvalue weighted by Crippen LogP contribution is 2.25. The summed E-state index contributed by atoms with van der Waals surface area (Å²) in [6.45, 7) is 3.77. The standard InChI is InChI=1S/C17H17ClN6OS/c1-10-3-5-12(6-4-10)15-22-23-17(24(15)19)26-11(2)16(25)21-14-8-7-13(18)9-20-14/h3-9,11H,19H2,1-2H3,(H,20,21,25). The number of aromatic nitrogens is 4. The van der Waals surface area contributed by atoms with Gasteiger partial charge in [0.25, 0.3) is 0 Å². The molecule has 0 saturated heterocycles. The number of benzene rings is 1. The number of aryl methyl sites for hydroxylation is 1. The zero-order valence-electron chi connectivity index (χ0n) is 14.2. The van der Waals surface area contributed by atoms with Crippen LogP contribution in [0.2, 0.25) is 5.02 Å². The van der Waals surface area contributed by atoms with Gasteiger partial charge in [0.1, 0.15) is 5.82 Å². The van der Waals surface area contributed by atoms with Gasteiger partial charge < -0.3 is 11.2 Å². The van der Waals surface area contributed by atoms with Crippen LogP contribution in [0, 0.1) is 6.92 Å². The summed E-state index contributed by atoms with van der Waals surface area (Å²) in [5, 5.41) is 11.5. The molecule has 26 heavy (non-hydrogen) atoms. The fourth-order valence-electron chi connectivity index (χ4n) is 2.15. The van der Waals surface area contributed by atoms with Gasteiger partial charge in [-0.3, -0.25) is 4.79 Å². The Morgan fingerprint density at radius 3 is 2.62 bits per heavy atom. The van der Waals surface area contributed by atoms with E-state index in [0.717, 1.165) is 11.1 Å². The second-order valence-electron chi connectivity index (χ2n) is 5.65. The lowest BCUT2D eigenvalue weighted by Gasteiger charge is -2.11. The molecule has 0 spiro atoms. The van der Waals surface area contributed by atoms with Gasteiger partial charge in [0, 0.05) is 11.8 Å². The molecule has 0 fully saturated rings. The van der Waals surface area contributed by atoms with Gasteiger partial charge in [-0.15, -0.1) is 10.2 Å². The molecular formula is C17H17ClN6OS. The first-order chi connectivity index (χ1) is 12.4. The van der Waals surface area contributed by atoms with Gasteiger partial charge in [-0.2, -0.15) is 0 Å². The number of pyridine rings is 1. The third-order valence-corrected chi connectivity index (χ3v) is 4.88. The number of amides is 1. The zero-order chi connectivity index (χ0) is 18.7. The van der Waals surface area contributed by atoms with E-state index in [1.165, 1.54) is 22.6 Å². The molecule has 0 aliphatic heterocycles. The summed E-state index contributed by atoms with van der Waals surface area (Å²) in [7, 11) is 0. The Balaban J connectivity index is 1.69. The Kier molecular flexibility index (Phi) is 5.43. The van der Waals surface area contributed by atoms with Crippen LogP contribution in [0.5, 0.6) is 0 Å². The molecule has 2 heterocycles. The van der Waals surface area contributed by atoms with Gasteiger partial charge in [-0.25, -0.2) is 9.66 Å². The number of nitrogen functional groups attached to an aromatic ring is 1. The Hall–Kier alpha value is -2.58. The zero-order valence-corrected chi connectivity index (χ0v) is 15.8. The monoisotopic (exact) mass is 388 g/mol. The van der Waals surface area contributed by atoms with Crippen LogP contribution in [0.25, 0.3) is 11.4 Å². The molecule has 3 aromatic rings. The first-order valence-corrected chi connectivity index (χ1v) is 9.06. The van der Waals surface area contributed by atoms with Crippen LogP contribution in [0.1, 0.15) is 12.5 Å². The van der Waals surface area contributed by atoms with Crippen molar-refractivity contribution < 1.29 is 4.79 Å². The van der Waals surface area contributed by atoms with Crippen molar-refractivity contribution in [3.63, 3.8) is 0 Å². The Morgan fingerprint density at radius 2 is 1.96 bits per heavy atom. The summed E-state index contributed by atoms with van der Waals surface area (Å²) in [5.74, 6) is 6.86. The average Bonchev–Trinajstić information content (AvgIpc) is 2.98. The number of hydrogen-bond acceptors (Lipinski definition) is 6. The third kappa shape index (κ3) is 4.14. The number of halogens is 1. The van der Waals surface area contributed by atoms with E-state index in [1.54, 1.807) is 19.1 Å². The van der Waals surface area contributed by atoms with Crippen molar-refractivity contribution in [2.75, 3.05) is 11.2 Å². The van der Waals surface area contributed by atoms with E-state index in [2.05, 4.69) is 20.5 Å². The predicted octanol–water partition coefficient (Wildman–Crippen LogP) is 3.14. The van der Waals surface area contributed by atoms with Crippen LogP contribution in [0.4, 0.5) is 5.82 Å². The number of nitrogens with two attached hydrogens (primary N) is 1. The highest BCUT2D eigenvalue weighted by Gasteiger charge is 2.20. The molecule has 0 aliphatic carbocycles. The molecule has 1 atom stereocenters. The van der Waals surface area contributed by atoms with Crippen molar-refractivity contribution in [2.45, 2.75) is 24.3 Å². The van der Waals surface area contributed by atoms with Gasteiger partial charge in [-0.1, -0.05) is 53.2 Å². The van der Waals surface area contributed by atoms with E-state index in [9.17, 15) is 4.79 Å². The van der Waals surface area contributed by atoms with E-state index in [0.29, 0.717) is 21.8 Å². The van der Waals surface area contributed by atoms with Crippen molar-refractivity contribution in [2.24, 2.45) is 0 Å². The number of thioether (sulfide) groups is 1. The molecule has 0 aliphatic rings. The number of carbonyl (C=O) groups excluding carboxylic acids is 1. The molecule has 0 bridgehead atoms. The normalized spacial score (nSPS) is 12.0. The minimum absolute atomic E-state index is 0.218. The molecule has 1 aromatic carbocycles. The molecule has 7 nitrogen and oxygen atoms in total. The quantitative estimate of drug-likeness (QED) is 0.514. The predicted molar refractivity (Wildman–Crippen MR) is 104 cm³/mol. The maximum Gasteiger partial charge on any atom is 0.238 e. The first kappa shape index (κ1) is 18.2. The summed E-state index contributed by atoms with van der Waals surface area (Å²) >= 11 is 7.00. The van der Waals surface area contributed by atoms with Gasteiger partial charge in [-0.05, 0) is 26.0 Å². The van der Waals surface area contributed by atoms with Crippen molar-refractivity contribution in [1.29, 1.82) is 0 Å². The van der Waals surface area contributed by atoms with Gasteiger partial charge in [0.05, 0.1) is 10.3 Å². The Bertz CT molecular complexity index is 910. The number of rotatable bonds is 5. The average molecular weight is 389 g/mol. The molecule has 3 rings (SSSR count). The lowest BCUT2D eigenvalue weighted by molar-refractivity contribution is -0.115. The maximum atomic E-state index is 12.3. The molecule has 134 valence electrons. The molecule has 1 amide bonds. The summed E-state index contributed by atoms with van der Waals surface area (Å²) < 4.78 is 1.39. The fraction of sp³-hybridized carbons (Fsp3) is 0.176. The summed E-state index contributed by atoms with van der Waals surface area (Å²) in [6.07, 6.45) is 1.47. The van der Waals surface area contributed by atoms with Crippen molar-refractivity contribution in [1.82, 2.24) is 19.9 Å². The largest absolute Gasteiger partial charge is 0.335 e. The lowest BCUT2D eigenvalue weighted by atomic mass is 10.1. The van der Waals surface area contributed by atoms with Crippen LogP contribution in [0.3, 0.4) is 0 Å². The van der Waals surface area contributed by atoms with E-state index in [-0.39, 0.29) is 5.91 Å². The minimum atomic E-state index is -0.440. The highest BCUT2D eigenvalue weighted by atomic mass is 35.5. The van der Waals surface area contributed by atoms with Crippen molar-refractivity contribution in [3.8, 4) is 11.4 Å². The number of nitrogens with zero attached hydrogens (tertiary/aromatic N) is 4. The van der Waals surface area contributed by atoms with Crippen molar-refractivity contribution >= 4 is 35.1 Å². The number of anilines is 1. The topological polar surface area (TPSA) is 98.7 Å². The summed E-state index contributed by atoms with van der Waals surface area (Å²) in [4.78, 5) is 16.4. The van der Waals surface area contributed by atoms with Crippen LogP contribution in [0.15, 0.2) is 47.8 Å². The minimum Gasteiger partial charge on any atom is -0.335 e. The van der Waals surface area contributed by atoms with Crippen LogP contribution >= 0.6 is 23.4 Å². The maximum absolute atomic E-state index is 12.3. The molecule has 1 unspecified atom stereocenters. The molecule has 0 radical (unpaired) electrons. The van der Waals surface area contributed by atoms with E-state index in [4.69, 9.17) is 17.4 Å². The van der Waals surface area contributed by atoms with E-state index < -0.39 is 5.25 Å². The fourth-order valence-corrected chi connectivity index (χ4v) is 3.03. The smallest absolute Gasteiger partial charge is 0.238 e. The second kappa shape index (κ2) is 7.76. The molecule has 2 aromatic heterocycles. The highest BCUT2D eigenvalue weighted by molar-refractivity contribution is 8.00. The van der Waals surface area contributed by atoms with Gasteiger partial charge in [0.2, 0.25) is 11.1 Å². The van der Waals surface area contributed by atoms with Crippen LogP contribution in [-0.2, 0) is 4.79 Å². The van der Waals surface area contributed by atoms with Gasteiger partial charge >= 0.3 is 0 Å². The third-order valence-electron chi connectivity index (χ3n) is 3.60. The van der Waals surface area contributed by atoms with Gasteiger partial charge in [0.15, 0.2) is 5.82 Å². The van der Waals surface area contributed by atoms with E-state index >= 15 is 0 Å². The van der Waals surface area contributed by atoms with Crippen LogP contribution in [-0.4, -0.2) is 31.0 Å². The molecular weight excluding hydrogens is 372 g/mol. The van der Waals surface area contributed by atoms with E-state index in [1.807, 2.05) is 31.2 Å². The number of carbonyl (C=O) groups is 1. The summed E-state index contributed by atoms with van der Waals surface area (Å²) in [5.41, 5.74) is 2.01. The number of nitrogens with one attached hydrogen (secondary N) is 1. The summed E-state index contributed by atoms with van der Waals surface area (Å²) in [6, 6.07) is 11.1. The molecule has 0 saturated carbocycles. The number of hydrogen-bond donors (Lipinski definition) is 2. The lowest BCUT2D eigenvalue weighted by Crippen LogP contribution is -2.24. The van der Waals surface area contributed by atoms with Crippen molar-refractivity contribution in [3.05, 3.63) is 53.2 Å². The second-order valence-corrected chi connectivity index (χ2v) is 7.40. The SMILES string of the molecule is Cc1ccc(-c2nnc(SC(C)C(=O)Nc3ccc(Cl)cn3)n2N)cc1. The van der Waals surface area contributed by atoms with Crippen LogP contribution < -0.4 is 11.2 Å². The Labute approximate surface area is 159 Å². The molecule has 3 N–H and O–H groups in total.